The molecule has 0 aliphatic heterocycles. The lowest BCUT2D eigenvalue weighted by atomic mass is 10.2. The molecule has 0 aliphatic carbocycles. The van der Waals surface area contributed by atoms with Crippen LogP contribution in [0.25, 0.3) is 22.4 Å². The average Bonchev–Trinajstić information content (AvgIpc) is 2.90. The molecule has 0 aliphatic rings. The number of rotatable bonds is 4. The molecule has 0 amide bonds. The van der Waals surface area contributed by atoms with E-state index in [2.05, 4.69) is 9.97 Å². The van der Waals surface area contributed by atoms with Crippen LogP contribution < -0.4 is 10.7 Å². The molecule has 0 saturated heterocycles. The number of carboxylic acids is 1. The number of benzene rings is 1. The van der Waals surface area contributed by atoms with E-state index in [9.17, 15) is 24.8 Å². The van der Waals surface area contributed by atoms with Gasteiger partial charge in [0.25, 0.3) is 11.2 Å². The summed E-state index contributed by atoms with van der Waals surface area (Å²) in [5, 5.41) is 22.1. The van der Waals surface area contributed by atoms with Gasteiger partial charge in [0.05, 0.1) is 21.2 Å². The first kappa shape index (κ1) is 16.5. The van der Waals surface area contributed by atoms with E-state index in [0.717, 1.165) is 11.3 Å². The van der Waals surface area contributed by atoms with Crippen molar-refractivity contribution in [3.05, 3.63) is 66.6 Å². The molecule has 9 heteroatoms. The monoisotopic (exact) mass is 356 g/mol. The number of fused-ring (bicyclic) bond motifs is 1. The van der Waals surface area contributed by atoms with Crippen LogP contribution in [0.5, 0.6) is 0 Å². The van der Waals surface area contributed by atoms with Crippen LogP contribution in [-0.4, -0.2) is 20.9 Å². The maximum absolute atomic E-state index is 12.2. The second-order valence-corrected chi connectivity index (χ2v) is 6.16. The smallest absolute Gasteiger partial charge is 0.270 e. The van der Waals surface area contributed by atoms with E-state index in [-0.39, 0.29) is 21.8 Å². The summed E-state index contributed by atoms with van der Waals surface area (Å²) in [6, 6.07) is 5.98. The minimum absolute atomic E-state index is 0.0344. The lowest BCUT2D eigenvalue weighted by Crippen LogP contribution is -2.21. The first-order chi connectivity index (χ1) is 11.9. The molecule has 2 heterocycles. The van der Waals surface area contributed by atoms with Crippen molar-refractivity contribution in [3.8, 4) is 0 Å². The van der Waals surface area contributed by atoms with Gasteiger partial charge in [-0.1, -0.05) is 18.2 Å². The third-order valence-electron chi connectivity index (χ3n) is 3.52. The van der Waals surface area contributed by atoms with Gasteiger partial charge in [-0.25, -0.2) is 4.98 Å². The molecule has 3 aromatic rings. The molecule has 126 valence electrons. The van der Waals surface area contributed by atoms with Crippen LogP contribution in [0.1, 0.15) is 26.6 Å². The number of aromatic amines is 1. The lowest BCUT2D eigenvalue weighted by molar-refractivity contribution is -0.384. The highest BCUT2D eigenvalue weighted by Gasteiger charge is 2.14. The molecule has 3 rings (SSSR count). The quantitative estimate of drug-likeness (QED) is 0.560. The highest BCUT2D eigenvalue weighted by Crippen LogP contribution is 2.26. The largest absolute Gasteiger partial charge is 0.544 e. The number of hydrogen-bond donors (Lipinski definition) is 1. The van der Waals surface area contributed by atoms with Crippen molar-refractivity contribution in [2.45, 2.75) is 6.92 Å². The fourth-order valence-electron chi connectivity index (χ4n) is 2.35. The third kappa shape index (κ3) is 3.17. The van der Waals surface area contributed by atoms with Crippen LogP contribution in [0.2, 0.25) is 0 Å². The minimum Gasteiger partial charge on any atom is -0.544 e. The van der Waals surface area contributed by atoms with Crippen molar-refractivity contribution >= 4 is 45.4 Å². The van der Waals surface area contributed by atoms with Crippen molar-refractivity contribution < 1.29 is 14.8 Å². The minimum atomic E-state index is -1.35. The standard InChI is InChI=1S/C16H11N3O5S/c1-8-12-14(20)17-11(18-15(12)25-13(8)16(21)22)6-5-9-3-2-4-10(7-9)19(23)24/h2-7H,1H3,(H,21,22)(H,17,18,20)/p-1/b6-5+. The van der Waals surface area contributed by atoms with Crippen molar-refractivity contribution in [2.24, 2.45) is 0 Å². The molecule has 0 unspecified atom stereocenters. The number of nitro groups is 1. The predicted molar refractivity (Wildman–Crippen MR) is 91.3 cm³/mol. The molecule has 0 bridgehead atoms. The maximum Gasteiger partial charge on any atom is 0.270 e. The van der Waals surface area contributed by atoms with Gasteiger partial charge in [0.1, 0.15) is 10.7 Å². The van der Waals surface area contributed by atoms with Gasteiger partial charge in [0.15, 0.2) is 0 Å². The lowest BCUT2D eigenvalue weighted by Gasteiger charge is -1.98. The van der Waals surface area contributed by atoms with Crippen LogP contribution in [0.15, 0.2) is 29.1 Å². The number of aromatic carboxylic acids is 1. The number of H-pyrrole nitrogens is 1. The van der Waals surface area contributed by atoms with E-state index in [1.54, 1.807) is 18.2 Å². The molecule has 8 nitrogen and oxygen atoms in total. The van der Waals surface area contributed by atoms with Gasteiger partial charge in [0.2, 0.25) is 0 Å². The number of carbonyl (C=O) groups is 1. The Bertz CT molecular complexity index is 1100. The molecule has 0 saturated carbocycles. The van der Waals surface area contributed by atoms with Crippen LogP contribution in [0.4, 0.5) is 5.69 Å². The van der Waals surface area contributed by atoms with Crippen LogP contribution in [0, 0.1) is 17.0 Å². The maximum atomic E-state index is 12.2. The number of nitro benzene ring substituents is 1. The van der Waals surface area contributed by atoms with Crippen molar-refractivity contribution in [3.63, 3.8) is 0 Å². The topological polar surface area (TPSA) is 129 Å². The molecule has 0 atom stereocenters. The second-order valence-electron chi connectivity index (χ2n) is 5.16. The second kappa shape index (κ2) is 6.29. The fraction of sp³-hybridized carbons (Fsp3) is 0.0625. The van der Waals surface area contributed by atoms with Crippen molar-refractivity contribution in [2.75, 3.05) is 0 Å². The highest BCUT2D eigenvalue weighted by atomic mass is 32.1. The number of thiophene rings is 1. The number of nitrogens with zero attached hydrogens (tertiary/aromatic N) is 2. The van der Waals surface area contributed by atoms with Gasteiger partial charge >= 0.3 is 0 Å². The average molecular weight is 356 g/mol. The van der Waals surface area contributed by atoms with Gasteiger partial charge in [-0.05, 0) is 24.1 Å². The summed E-state index contributed by atoms with van der Waals surface area (Å²) in [7, 11) is 0. The molecule has 25 heavy (non-hydrogen) atoms. The Labute approximate surface area is 144 Å². The molecule has 1 aromatic carbocycles. The van der Waals surface area contributed by atoms with Crippen LogP contribution >= 0.6 is 11.3 Å². The van der Waals surface area contributed by atoms with E-state index in [1.165, 1.54) is 25.1 Å². The van der Waals surface area contributed by atoms with Gasteiger partial charge < -0.3 is 14.9 Å². The van der Waals surface area contributed by atoms with E-state index >= 15 is 0 Å². The summed E-state index contributed by atoms with van der Waals surface area (Å²) in [4.78, 5) is 40.6. The molecular formula is C16H10N3O5S-. The Morgan fingerprint density at radius 2 is 2.12 bits per heavy atom. The third-order valence-corrected chi connectivity index (χ3v) is 4.68. The van der Waals surface area contributed by atoms with E-state index in [0.29, 0.717) is 16.0 Å². The van der Waals surface area contributed by atoms with Crippen molar-refractivity contribution in [1.82, 2.24) is 9.97 Å². The summed E-state index contributed by atoms with van der Waals surface area (Å²) in [5.41, 5.74) is 0.383. The van der Waals surface area contributed by atoms with E-state index in [1.807, 2.05) is 0 Å². The number of aryl methyl sites for hydroxylation is 1. The molecule has 1 N–H and O–H groups in total. The predicted octanol–water partition coefficient (Wildman–Crippen LogP) is 1.74. The summed E-state index contributed by atoms with van der Waals surface area (Å²) in [5.74, 6) is -1.14. The Hall–Kier alpha value is -3.33. The Morgan fingerprint density at radius 3 is 2.80 bits per heavy atom. The van der Waals surface area contributed by atoms with Crippen LogP contribution in [0.3, 0.4) is 0 Å². The summed E-state index contributed by atoms with van der Waals surface area (Å²) in [6.07, 6.45) is 3.06. The summed E-state index contributed by atoms with van der Waals surface area (Å²) in [6.45, 7) is 1.53. The molecular weight excluding hydrogens is 346 g/mol. The molecule has 0 radical (unpaired) electrons. The zero-order chi connectivity index (χ0) is 18.1. The number of carboxylic acid groups (broad SMARTS) is 1. The Morgan fingerprint density at radius 1 is 1.36 bits per heavy atom. The summed E-state index contributed by atoms with van der Waals surface area (Å²) < 4.78 is 0. The highest BCUT2D eigenvalue weighted by molar-refractivity contribution is 7.20. The molecule has 2 aromatic heterocycles. The number of non-ortho nitro benzene ring substituents is 1. The molecule has 0 fully saturated rings. The zero-order valence-electron chi connectivity index (χ0n) is 12.8. The van der Waals surface area contributed by atoms with Crippen LogP contribution in [-0.2, 0) is 0 Å². The Balaban J connectivity index is 2.02. The van der Waals surface area contributed by atoms with E-state index < -0.39 is 16.5 Å². The normalized spacial score (nSPS) is 11.2. The van der Waals surface area contributed by atoms with E-state index in [4.69, 9.17) is 0 Å². The Kier molecular flexibility index (Phi) is 4.15. The zero-order valence-corrected chi connectivity index (χ0v) is 13.6. The number of carbonyl (C=O) groups excluding carboxylic acids is 1. The number of aromatic nitrogens is 2. The first-order valence-corrected chi connectivity index (χ1v) is 7.86. The van der Waals surface area contributed by atoms with Gasteiger partial charge in [-0.15, -0.1) is 11.3 Å². The number of hydrogen-bond acceptors (Lipinski definition) is 7. The first-order valence-electron chi connectivity index (χ1n) is 7.04. The fourth-order valence-corrected chi connectivity index (χ4v) is 3.38. The molecule has 0 spiro atoms. The van der Waals surface area contributed by atoms with Crippen molar-refractivity contribution in [1.29, 1.82) is 0 Å². The number of nitrogens with one attached hydrogen (secondary N) is 1. The SMILES string of the molecule is Cc1c(C(=O)[O-])sc2nc(/C=C/c3cccc([N+](=O)[O-])c3)[nH]c(=O)c12. The summed E-state index contributed by atoms with van der Waals surface area (Å²) >= 11 is 0.872. The van der Waals surface area contributed by atoms with Gasteiger partial charge in [0, 0.05) is 12.1 Å². The van der Waals surface area contributed by atoms with Gasteiger partial charge in [-0.2, -0.15) is 0 Å². The van der Waals surface area contributed by atoms with Gasteiger partial charge in [-0.3, -0.25) is 14.9 Å².